The number of carboxylic acid groups (broad SMARTS) is 1. The number of pyridine rings is 1. The van der Waals surface area contributed by atoms with Crippen molar-refractivity contribution in [2.45, 2.75) is 19.8 Å². The molecule has 2 aliphatic heterocycles. The van der Waals surface area contributed by atoms with Crippen molar-refractivity contribution in [3.8, 4) is 5.75 Å². The Kier molecular flexibility index (Phi) is 3.99. The Bertz CT molecular complexity index is 929. The van der Waals surface area contributed by atoms with Crippen LogP contribution in [0.5, 0.6) is 5.75 Å². The zero-order valence-electron chi connectivity index (χ0n) is 14.3. The molecule has 0 radical (unpaired) electrons. The van der Waals surface area contributed by atoms with Gasteiger partial charge >= 0.3 is 5.97 Å². The van der Waals surface area contributed by atoms with Crippen LogP contribution in [0.3, 0.4) is 0 Å². The third-order valence-corrected chi connectivity index (χ3v) is 4.76. The van der Waals surface area contributed by atoms with E-state index in [1.807, 2.05) is 11.0 Å². The summed E-state index contributed by atoms with van der Waals surface area (Å²) in [5.74, 6) is -0.188. The first-order chi connectivity index (χ1) is 12.5. The molecule has 0 aliphatic carbocycles. The Morgan fingerprint density at radius 1 is 1.46 bits per heavy atom. The minimum absolute atomic E-state index is 0.119. The number of furan rings is 1. The lowest BCUT2D eigenvalue weighted by Gasteiger charge is -2.30. The fourth-order valence-corrected chi connectivity index (χ4v) is 3.50. The minimum atomic E-state index is -1.20. The molecule has 7 heteroatoms. The van der Waals surface area contributed by atoms with Crippen LogP contribution in [0.4, 0.5) is 11.7 Å². The standard InChI is InChI=1S/C19H19N3O4/c1-11-4-3-7-22(10-11)18-15(19(24)25)16(23)14(26-18)8-12-9-21-17-13(12)5-2-6-20-17/h2,5-6,8-9,11,23H,3-4,7,10H2,1H3,(H,24,25). The number of carbonyl (C=O) groups is 1. The van der Waals surface area contributed by atoms with Gasteiger partial charge in [-0.3, -0.25) is 0 Å². The van der Waals surface area contributed by atoms with E-state index in [9.17, 15) is 15.0 Å². The van der Waals surface area contributed by atoms with Gasteiger partial charge in [0.2, 0.25) is 5.88 Å². The Hall–Kier alpha value is -3.09. The second kappa shape index (κ2) is 6.33. The molecule has 2 aliphatic rings. The lowest BCUT2D eigenvalue weighted by Crippen LogP contribution is -2.34. The zero-order chi connectivity index (χ0) is 18.3. The van der Waals surface area contributed by atoms with E-state index in [1.165, 1.54) is 0 Å². The summed E-state index contributed by atoms with van der Waals surface area (Å²) in [7, 11) is 0. The number of hydrogen-bond donors (Lipinski definition) is 2. The van der Waals surface area contributed by atoms with E-state index < -0.39 is 5.97 Å². The number of aromatic nitrogens is 1. The number of nitrogens with zero attached hydrogens (tertiary/aromatic N) is 3. The van der Waals surface area contributed by atoms with Crippen LogP contribution in [0.2, 0.25) is 0 Å². The Morgan fingerprint density at radius 2 is 2.31 bits per heavy atom. The molecule has 1 fully saturated rings. The lowest BCUT2D eigenvalue weighted by atomic mass is 10.0. The maximum absolute atomic E-state index is 11.7. The van der Waals surface area contributed by atoms with Crippen LogP contribution in [0, 0.1) is 5.92 Å². The number of rotatable bonds is 3. The molecular formula is C19H19N3O4. The normalized spacial score (nSPS) is 20.6. The van der Waals surface area contributed by atoms with E-state index >= 15 is 0 Å². The van der Waals surface area contributed by atoms with Gasteiger partial charge in [-0.15, -0.1) is 0 Å². The summed E-state index contributed by atoms with van der Waals surface area (Å²) in [6, 6.07) is 3.67. The predicted molar refractivity (Wildman–Crippen MR) is 98.2 cm³/mol. The first-order valence-electron chi connectivity index (χ1n) is 8.59. The van der Waals surface area contributed by atoms with Crippen LogP contribution in [-0.2, 0) is 0 Å². The van der Waals surface area contributed by atoms with Gasteiger partial charge in [0.25, 0.3) is 0 Å². The largest absolute Gasteiger partial charge is 0.504 e. The van der Waals surface area contributed by atoms with Gasteiger partial charge < -0.3 is 19.5 Å². The van der Waals surface area contributed by atoms with Crippen molar-refractivity contribution >= 4 is 35.5 Å². The highest BCUT2D eigenvalue weighted by atomic mass is 16.4. The van der Waals surface area contributed by atoms with Crippen LogP contribution in [-0.4, -0.2) is 40.5 Å². The molecule has 0 amide bonds. The van der Waals surface area contributed by atoms with Gasteiger partial charge in [0, 0.05) is 36.6 Å². The van der Waals surface area contributed by atoms with Crippen LogP contribution in [0.1, 0.15) is 41.4 Å². The fourth-order valence-electron chi connectivity index (χ4n) is 3.50. The number of carboxylic acids is 1. The highest BCUT2D eigenvalue weighted by Gasteiger charge is 2.30. The first kappa shape index (κ1) is 16.4. The molecule has 2 aromatic rings. The molecule has 1 atom stereocenters. The van der Waals surface area contributed by atoms with Gasteiger partial charge in [-0.05, 0) is 37.0 Å². The summed E-state index contributed by atoms with van der Waals surface area (Å²) in [5.41, 5.74) is 1.34. The topological polar surface area (TPSA) is 99.2 Å². The van der Waals surface area contributed by atoms with Gasteiger partial charge in [-0.25, -0.2) is 14.8 Å². The average molecular weight is 353 g/mol. The molecule has 4 rings (SSSR count). The molecule has 0 spiro atoms. The Balaban J connectivity index is 1.77. The molecule has 2 N–H and O–H groups in total. The number of fused-ring (bicyclic) bond motifs is 1. The number of hydrogen-bond acceptors (Lipinski definition) is 6. The van der Waals surface area contributed by atoms with Gasteiger partial charge in [0.15, 0.2) is 22.9 Å². The van der Waals surface area contributed by atoms with Crippen molar-refractivity contribution in [2.75, 3.05) is 18.0 Å². The quantitative estimate of drug-likeness (QED) is 0.875. The molecule has 0 saturated carbocycles. The van der Waals surface area contributed by atoms with E-state index in [0.717, 1.165) is 18.4 Å². The van der Waals surface area contributed by atoms with Crippen molar-refractivity contribution in [3.63, 3.8) is 0 Å². The van der Waals surface area contributed by atoms with Crippen LogP contribution in [0.25, 0.3) is 11.6 Å². The van der Waals surface area contributed by atoms with E-state index in [0.29, 0.717) is 30.4 Å². The molecule has 26 heavy (non-hydrogen) atoms. The van der Waals surface area contributed by atoms with E-state index in [4.69, 9.17) is 4.42 Å². The molecule has 0 aromatic carbocycles. The Labute approximate surface area is 150 Å². The van der Waals surface area contributed by atoms with E-state index in [2.05, 4.69) is 16.9 Å². The predicted octanol–water partition coefficient (Wildman–Crippen LogP) is 3.57. The van der Waals surface area contributed by atoms with Crippen molar-refractivity contribution in [1.82, 2.24) is 4.98 Å². The molecular weight excluding hydrogens is 334 g/mol. The summed E-state index contributed by atoms with van der Waals surface area (Å²) in [6.07, 6.45) is 6.95. The summed E-state index contributed by atoms with van der Waals surface area (Å²) in [6.45, 7) is 3.54. The van der Waals surface area contributed by atoms with Crippen LogP contribution in [0.15, 0.2) is 27.7 Å². The number of aromatic hydroxyl groups is 1. The second-order valence-electron chi connectivity index (χ2n) is 6.73. The second-order valence-corrected chi connectivity index (χ2v) is 6.73. The monoisotopic (exact) mass is 353 g/mol. The summed E-state index contributed by atoms with van der Waals surface area (Å²) in [4.78, 5) is 22.0. The third-order valence-electron chi connectivity index (χ3n) is 4.76. The molecule has 2 aromatic heterocycles. The van der Waals surface area contributed by atoms with E-state index in [1.54, 1.807) is 24.6 Å². The molecule has 7 nitrogen and oxygen atoms in total. The van der Waals surface area contributed by atoms with Gasteiger partial charge in [-0.2, -0.15) is 0 Å². The number of piperidine rings is 1. The number of aliphatic imine (C=N–C) groups is 1. The number of anilines is 1. The van der Waals surface area contributed by atoms with Gasteiger partial charge in [0.1, 0.15) is 0 Å². The highest BCUT2D eigenvalue weighted by molar-refractivity contribution is 6.21. The Morgan fingerprint density at radius 3 is 3.08 bits per heavy atom. The summed E-state index contributed by atoms with van der Waals surface area (Å²) >= 11 is 0. The fraction of sp³-hybridized carbons (Fsp3) is 0.316. The van der Waals surface area contributed by atoms with Crippen molar-refractivity contribution in [2.24, 2.45) is 10.9 Å². The highest BCUT2D eigenvalue weighted by Crippen LogP contribution is 2.40. The van der Waals surface area contributed by atoms with Gasteiger partial charge in [-0.1, -0.05) is 6.92 Å². The molecule has 1 unspecified atom stereocenters. The van der Waals surface area contributed by atoms with Crippen molar-refractivity contribution < 1.29 is 19.4 Å². The lowest BCUT2D eigenvalue weighted by molar-refractivity contribution is 0.0694. The number of allylic oxidation sites excluding steroid dienone is 1. The summed E-state index contributed by atoms with van der Waals surface area (Å²) in [5, 5.41) is 20.1. The van der Waals surface area contributed by atoms with Crippen LogP contribution >= 0.6 is 0 Å². The van der Waals surface area contributed by atoms with Crippen molar-refractivity contribution in [1.29, 1.82) is 0 Å². The first-order valence-corrected chi connectivity index (χ1v) is 8.59. The minimum Gasteiger partial charge on any atom is -0.504 e. The zero-order valence-corrected chi connectivity index (χ0v) is 14.3. The maximum atomic E-state index is 11.7. The van der Waals surface area contributed by atoms with Crippen LogP contribution < -0.4 is 4.90 Å². The van der Waals surface area contributed by atoms with Gasteiger partial charge in [0.05, 0.1) is 0 Å². The maximum Gasteiger partial charge on any atom is 0.345 e. The molecule has 4 heterocycles. The average Bonchev–Trinajstić information content (AvgIpc) is 3.17. The SMILES string of the molecule is CC1CCCN(c2oc(C=C3C=Nc4ncccc43)c(O)c2C(=O)O)C1. The van der Waals surface area contributed by atoms with E-state index in [-0.39, 0.29) is 23.0 Å². The summed E-state index contributed by atoms with van der Waals surface area (Å²) < 4.78 is 5.81. The molecule has 0 bridgehead atoms. The van der Waals surface area contributed by atoms with Crippen molar-refractivity contribution in [3.05, 3.63) is 35.2 Å². The molecule has 134 valence electrons. The smallest absolute Gasteiger partial charge is 0.345 e. The molecule has 1 saturated heterocycles. The third kappa shape index (κ3) is 2.75. The number of aromatic carboxylic acids is 1.